The quantitative estimate of drug-likeness (QED) is 0.725. The largest absolute Gasteiger partial charge is 0.361 e. The molecule has 1 saturated heterocycles. The molecule has 8 heteroatoms. The van der Waals surface area contributed by atoms with E-state index in [1.165, 1.54) is 4.88 Å². The lowest BCUT2D eigenvalue weighted by molar-refractivity contribution is 0.0376. The topological polar surface area (TPSA) is 85.3 Å². The number of nitrogens with zero attached hydrogens (tertiary/aromatic N) is 4. The zero-order valence-corrected chi connectivity index (χ0v) is 14.4. The average molecular weight is 344 g/mol. The molecule has 0 bridgehead atoms. The van der Waals surface area contributed by atoms with Crippen LogP contribution in [-0.2, 0) is 0 Å². The van der Waals surface area contributed by atoms with Crippen molar-refractivity contribution >= 4 is 17.2 Å². The molecule has 0 unspecified atom stereocenters. The monoisotopic (exact) mass is 344 g/mol. The number of carbonyl (C=O) groups excluding carboxylic acids is 1. The molecule has 0 spiro atoms. The van der Waals surface area contributed by atoms with E-state index >= 15 is 0 Å². The maximum Gasteiger partial charge on any atom is 0.260 e. The third-order valence-electron chi connectivity index (χ3n) is 4.22. The summed E-state index contributed by atoms with van der Waals surface area (Å²) in [4.78, 5) is 21.1. The highest BCUT2D eigenvalue weighted by Gasteiger charge is 2.39. The van der Waals surface area contributed by atoms with E-state index in [4.69, 9.17) is 9.05 Å². The summed E-state index contributed by atoms with van der Waals surface area (Å²) in [7, 11) is 0. The van der Waals surface area contributed by atoms with Crippen molar-refractivity contribution in [2.24, 2.45) is 0 Å². The Morgan fingerprint density at radius 2 is 2.08 bits per heavy atom. The Morgan fingerprint density at radius 3 is 2.67 bits per heavy atom. The lowest BCUT2D eigenvalue weighted by Crippen LogP contribution is -2.45. The number of rotatable bonds is 3. The smallest absolute Gasteiger partial charge is 0.260 e. The van der Waals surface area contributed by atoms with Gasteiger partial charge in [-0.1, -0.05) is 10.3 Å². The Morgan fingerprint density at radius 1 is 1.25 bits per heavy atom. The van der Waals surface area contributed by atoms with Crippen LogP contribution in [0.25, 0.3) is 10.7 Å². The lowest BCUT2D eigenvalue weighted by Gasteiger charge is -2.38. The molecule has 4 heterocycles. The van der Waals surface area contributed by atoms with Crippen LogP contribution in [0.3, 0.4) is 0 Å². The van der Waals surface area contributed by atoms with Gasteiger partial charge in [-0.25, -0.2) is 0 Å². The van der Waals surface area contributed by atoms with Gasteiger partial charge in [-0.05, 0) is 39.3 Å². The first-order valence-corrected chi connectivity index (χ1v) is 8.50. The van der Waals surface area contributed by atoms with E-state index in [9.17, 15) is 4.79 Å². The maximum absolute atomic E-state index is 12.7. The number of thiophene rings is 1. The summed E-state index contributed by atoms with van der Waals surface area (Å²) in [6.07, 6.45) is 0.806. The second-order valence-electron chi connectivity index (χ2n) is 5.87. The molecule has 7 nitrogen and oxygen atoms in total. The number of amides is 1. The summed E-state index contributed by atoms with van der Waals surface area (Å²) >= 11 is 1.61. The van der Waals surface area contributed by atoms with Gasteiger partial charge in [0.25, 0.3) is 5.91 Å². The van der Waals surface area contributed by atoms with Crippen LogP contribution in [0.15, 0.2) is 21.2 Å². The Hall–Kier alpha value is -2.48. The van der Waals surface area contributed by atoms with Crippen LogP contribution in [0.2, 0.25) is 0 Å². The molecule has 24 heavy (non-hydrogen) atoms. The molecule has 1 atom stereocenters. The fourth-order valence-electron chi connectivity index (χ4n) is 2.84. The van der Waals surface area contributed by atoms with Crippen molar-refractivity contribution in [1.29, 1.82) is 0 Å². The SMILES string of the molecule is Cc1ccc(-c2noc([C@H]3CCN3C(=O)c3c(C)noc3C)n2)s1. The summed E-state index contributed by atoms with van der Waals surface area (Å²) in [5, 5.41) is 7.90. The number of carbonyl (C=O) groups is 1. The van der Waals surface area contributed by atoms with Crippen LogP contribution in [0.4, 0.5) is 0 Å². The molecule has 3 aromatic rings. The third-order valence-corrected chi connectivity index (χ3v) is 5.21. The molecular weight excluding hydrogens is 328 g/mol. The van der Waals surface area contributed by atoms with Gasteiger partial charge >= 0.3 is 0 Å². The normalized spacial score (nSPS) is 17.1. The van der Waals surface area contributed by atoms with Crippen LogP contribution < -0.4 is 0 Å². The third kappa shape index (κ3) is 2.34. The summed E-state index contributed by atoms with van der Waals surface area (Å²) in [6.45, 7) is 6.20. The molecule has 124 valence electrons. The first-order valence-electron chi connectivity index (χ1n) is 7.69. The van der Waals surface area contributed by atoms with E-state index in [0.717, 1.165) is 11.3 Å². The van der Waals surface area contributed by atoms with Crippen molar-refractivity contribution in [3.63, 3.8) is 0 Å². The molecule has 0 radical (unpaired) electrons. The zero-order valence-electron chi connectivity index (χ0n) is 13.6. The predicted octanol–water partition coefficient (Wildman–Crippen LogP) is 3.30. The second-order valence-corrected chi connectivity index (χ2v) is 7.16. The predicted molar refractivity (Wildman–Crippen MR) is 86.7 cm³/mol. The molecule has 1 aliphatic rings. The van der Waals surface area contributed by atoms with Gasteiger partial charge in [0.2, 0.25) is 11.7 Å². The first kappa shape index (κ1) is 15.1. The zero-order chi connectivity index (χ0) is 16.8. The highest BCUT2D eigenvalue weighted by molar-refractivity contribution is 7.15. The summed E-state index contributed by atoms with van der Waals surface area (Å²) in [5.41, 5.74) is 1.12. The number of likely N-dealkylation sites (tertiary alicyclic amines) is 1. The van der Waals surface area contributed by atoms with Gasteiger partial charge in [-0.15, -0.1) is 11.3 Å². The fraction of sp³-hybridized carbons (Fsp3) is 0.375. The van der Waals surface area contributed by atoms with Crippen LogP contribution in [0.5, 0.6) is 0 Å². The van der Waals surface area contributed by atoms with Crippen LogP contribution >= 0.6 is 11.3 Å². The van der Waals surface area contributed by atoms with Gasteiger partial charge in [0.05, 0.1) is 10.6 Å². The molecule has 4 rings (SSSR count). The number of hydrogen-bond acceptors (Lipinski definition) is 7. The maximum atomic E-state index is 12.7. The molecule has 1 aliphatic heterocycles. The highest BCUT2D eigenvalue weighted by Crippen LogP contribution is 2.36. The van der Waals surface area contributed by atoms with Gasteiger partial charge in [0.15, 0.2) is 0 Å². The van der Waals surface area contributed by atoms with Gasteiger partial charge in [0.1, 0.15) is 17.4 Å². The molecule has 0 aromatic carbocycles. The Balaban J connectivity index is 1.57. The molecular formula is C16H16N4O3S. The first-order chi connectivity index (χ1) is 11.5. The molecule has 1 fully saturated rings. The number of aromatic nitrogens is 3. The minimum Gasteiger partial charge on any atom is -0.361 e. The number of aryl methyl sites for hydroxylation is 3. The number of hydrogen-bond donors (Lipinski definition) is 0. The van der Waals surface area contributed by atoms with E-state index in [0.29, 0.717) is 35.3 Å². The Labute approximate surface area is 142 Å². The van der Waals surface area contributed by atoms with Crippen molar-refractivity contribution in [3.8, 4) is 10.7 Å². The molecule has 0 aliphatic carbocycles. The Bertz CT molecular complexity index is 891. The molecule has 0 N–H and O–H groups in total. The standard InChI is InChI=1S/C16H16N4O3S/c1-8-4-5-12(24-8)14-17-15(23-19-14)11-6-7-20(11)16(21)13-9(2)18-22-10(13)3/h4-5,11H,6-7H2,1-3H3/t11-/m1/s1. The van der Waals surface area contributed by atoms with E-state index in [2.05, 4.69) is 15.3 Å². The van der Waals surface area contributed by atoms with E-state index in [1.807, 2.05) is 19.1 Å². The molecule has 1 amide bonds. The van der Waals surface area contributed by atoms with Crippen molar-refractivity contribution in [2.75, 3.05) is 6.54 Å². The van der Waals surface area contributed by atoms with Crippen molar-refractivity contribution in [3.05, 3.63) is 39.9 Å². The molecule has 0 saturated carbocycles. The van der Waals surface area contributed by atoms with E-state index in [-0.39, 0.29) is 11.9 Å². The van der Waals surface area contributed by atoms with Gasteiger partial charge in [0, 0.05) is 11.4 Å². The lowest BCUT2D eigenvalue weighted by atomic mass is 10.0. The fourth-order valence-corrected chi connectivity index (χ4v) is 3.64. The van der Waals surface area contributed by atoms with E-state index < -0.39 is 0 Å². The highest BCUT2D eigenvalue weighted by atomic mass is 32.1. The van der Waals surface area contributed by atoms with E-state index in [1.54, 1.807) is 30.1 Å². The van der Waals surface area contributed by atoms with Crippen molar-refractivity contribution < 1.29 is 13.8 Å². The van der Waals surface area contributed by atoms with Crippen molar-refractivity contribution in [1.82, 2.24) is 20.2 Å². The Kier molecular flexibility index (Phi) is 3.49. The summed E-state index contributed by atoms with van der Waals surface area (Å²) in [6, 6.07) is 3.81. The van der Waals surface area contributed by atoms with Crippen LogP contribution in [0.1, 0.15) is 45.0 Å². The van der Waals surface area contributed by atoms with Crippen molar-refractivity contribution in [2.45, 2.75) is 33.2 Å². The van der Waals surface area contributed by atoms with Gasteiger partial charge in [-0.3, -0.25) is 4.79 Å². The minimum absolute atomic E-state index is 0.103. The van der Waals surface area contributed by atoms with Gasteiger partial charge < -0.3 is 13.9 Å². The van der Waals surface area contributed by atoms with Crippen LogP contribution in [-0.4, -0.2) is 32.6 Å². The second kappa shape index (κ2) is 5.55. The average Bonchev–Trinajstić information content (AvgIpc) is 3.19. The summed E-state index contributed by atoms with van der Waals surface area (Å²) in [5.74, 6) is 1.47. The van der Waals surface area contributed by atoms with Gasteiger partial charge in [-0.2, -0.15) is 4.98 Å². The summed E-state index contributed by atoms with van der Waals surface area (Å²) < 4.78 is 10.5. The molecule has 3 aromatic heterocycles. The van der Waals surface area contributed by atoms with Crippen LogP contribution in [0, 0.1) is 20.8 Å². The minimum atomic E-state index is -0.187.